The maximum atomic E-state index is 13.1. The van der Waals surface area contributed by atoms with Crippen molar-refractivity contribution >= 4 is 21.4 Å². The highest BCUT2D eigenvalue weighted by Crippen LogP contribution is 2.22. The van der Waals surface area contributed by atoms with E-state index < -0.39 is 15.8 Å². The Bertz CT molecular complexity index is 934. The minimum absolute atomic E-state index is 0.0867. The smallest absolute Gasteiger partial charge is 0.240 e. The van der Waals surface area contributed by atoms with Crippen LogP contribution in [0.15, 0.2) is 52.9 Å². The fourth-order valence-electron chi connectivity index (χ4n) is 2.33. The summed E-state index contributed by atoms with van der Waals surface area (Å²) >= 11 is 1.60. The molecule has 0 spiro atoms. The molecule has 2 aromatic heterocycles. The van der Waals surface area contributed by atoms with Crippen LogP contribution in [0.25, 0.3) is 10.6 Å². The maximum absolute atomic E-state index is 13.1. The normalized spacial score (nSPS) is 11.8. The number of benzene rings is 1. The number of nitrogens with zero attached hydrogens (tertiary/aromatic N) is 2. The summed E-state index contributed by atoms with van der Waals surface area (Å²) in [5, 5.41) is 6.40. The first-order chi connectivity index (χ1) is 11.5. The van der Waals surface area contributed by atoms with Crippen molar-refractivity contribution in [2.24, 2.45) is 0 Å². The van der Waals surface area contributed by atoms with Crippen molar-refractivity contribution in [3.8, 4) is 10.6 Å². The molecule has 5 nitrogen and oxygen atoms in total. The zero-order chi connectivity index (χ0) is 17.2. The Hall–Kier alpha value is -2.03. The van der Waals surface area contributed by atoms with Crippen LogP contribution in [-0.2, 0) is 16.6 Å². The molecule has 0 amide bonds. The molecule has 1 aromatic carbocycles. The Kier molecular flexibility index (Phi) is 4.79. The average Bonchev–Trinajstić information content (AvgIpc) is 3.17. The highest BCUT2D eigenvalue weighted by atomic mass is 32.2. The summed E-state index contributed by atoms with van der Waals surface area (Å²) < 4.78 is 41.9. The second-order valence-corrected chi connectivity index (χ2v) is 7.93. The van der Waals surface area contributed by atoms with Crippen molar-refractivity contribution in [3.63, 3.8) is 0 Å². The molecule has 24 heavy (non-hydrogen) atoms. The maximum Gasteiger partial charge on any atom is 0.240 e. The third-order valence-corrected chi connectivity index (χ3v) is 5.99. The third-order valence-electron chi connectivity index (χ3n) is 3.47. The van der Waals surface area contributed by atoms with Gasteiger partial charge in [0.1, 0.15) is 11.5 Å². The molecule has 3 aromatic rings. The molecule has 2 heterocycles. The van der Waals surface area contributed by atoms with Gasteiger partial charge in [-0.25, -0.2) is 17.5 Å². The van der Waals surface area contributed by atoms with E-state index in [2.05, 4.69) is 9.82 Å². The molecular weight excluding hydrogens is 349 g/mol. The number of rotatable bonds is 6. The number of hydrogen-bond acceptors (Lipinski definition) is 4. The summed E-state index contributed by atoms with van der Waals surface area (Å²) in [6, 6.07) is 9.45. The molecule has 126 valence electrons. The molecule has 0 radical (unpaired) electrons. The van der Waals surface area contributed by atoms with Gasteiger partial charge < -0.3 is 0 Å². The highest BCUT2D eigenvalue weighted by Gasteiger charge is 2.16. The number of aryl methyl sites for hydroxylation is 1. The summed E-state index contributed by atoms with van der Waals surface area (Å²) in [5.41, 5.74) is 1.24. The van der Waals surface area contributed by atoms with Crippen LogP contribution in [0.4, 0.5) is 4.39 Å². The Labute approximate surface area is 143 Å². The van der Waals surface area contributed by atoms with Gasteiger partial charge in [-0.2, -0.15) is 5.10 Å². The zero-order valence-corrected chi connectivity index (χ0v) is 14.6. The molecule has 0 saturated carbocycles. The second-order valence-electron chi connectivity index (χ2n) is 5.25. The van der Waals surface area contributed by atoms with E-state index in [4.69, 9.17) is 0 Å². The Balaban J connectivity index is 1.63. The van der Waals surface area contributed by atoms with Crippen LogP contribution < -0.4 is 4.72 Å². The molecule has 0 bridgehead atoms. The predicted octanol–water partition coefficient (Wildman–Crippen LogP) is 3.04. The molecule has 0 atom stereocenters. The van der Waals surface area contributed by atoms with Gasteiger partial charge in [-0.05, 0) is 48.2 Å². The number of sulfonamides is 1. The van der Waals surface area contributed by atoms with Gasteiger partial charge in [0.15, 0.2) is 0 Å². The average molecular weight is 365 g/mol. The number of aromatic nitrogens is 2. The van der Waals surface area contributed by atoms with Crippen LogP contribution >= 0.6 is 11.3 Å². The van der Waals surface area contributed by atoms with Gasteiger partial charge in [0.05, 0.1) is 16.3 Å². The topological polar surface area (TPSA) is 64.0 Å². The summed E-state index contributed by atoms with van der Waals surface area (Å²) in [5.74, 6) is -0.455. The summed E-state index contributed by atoms with van der Waals surface area (Å²) in [4.78, 5) is 1.15. The molecule has 1 N–H and O–H groups in total. The molecule has 0 aliphatic heterocycles. The number of nitrogens with one attached hydrogen (secondary N) is 1. The Morgan fingerprint density at radius 1 is 1.29 bits per heavy atom. The lowest BCUT2D eigenvalue weighted by atomic mass is 10.2. The number of halogens is 1. The zero-order valence-electron chi connectivity index (χ0n) is 12.9. The van der Waals surface area contributed by atoms with Crippen molar-refractivity contribution in [1.29, 1.82) is 0 Å². The molecule has 0 aliphatic rings. The van der Waals surface area contributed by atoms with E-state index >= 15 is 0 Å². The van der Waals surface area contributed by atoms with Gasteiger partial charge in [0.25, 0.3) is 0 Å². The van der Waals surface area contributed by atoms with Gasteiger partial charge in [-0.3, -0.25) is 4.68 Å². The standard InChI is InChI=1S/C16H16FN3O2S2/c1-12-11-13(17)4-5-16(12)24(21,22)18-7-9-20-8-6-14(19-20)15-3-2-10-23-15/h2-6,8,10-11,18H,7,9H2,1H3. The van der Waals surface area contributed by atoms with Gasteiger partial charge in [-0.1, -0.05) is 6.07 Å². The van der Waals surface area contributed by atoms with Gasteiger partial charge >= 0.3 is 0 Å². The Morgan fingerprint density at radius 3 is 2.83 bits per heavy atom. The lowest BCUT2D eigenvalue weighted by molar-refractivity contribution is 0.560. The summed E-state index contributed by atoms with van der Waals surface area (Å²) in [6.45, 7) is 2.17. The van der Waals surface area contributed by atoms with E-state index in [1.54, 1.807) is 22.9 Å². The van der Waals surface area contributed by atoms with E-state index in [0.717, 1.165) is 16.6 Å². The SMILES string of the molecule is Cc1cc(F)ccc1S(=O)(=O)NCCn1ccc(-c2cccs2)n1. The van der Waals surface area contributed by atoms with Crippen molar-refractivity contribution < 1.29 is 12.8 Å². The third kappa shape index (κ3) is 3.72. The van der Waals surface area contributed by atoms with Crippen LogP contribution in [-0.4, -0.2) is 24.7 Å². The second kappa shape index (κ2) is 6.84. The lowest BCUT2D eigenvalue weighted by Gasteiger charge is -2.09. The molecule has 0 aliphatic carbocycles. The van der Waals surface area contributed by atoms with Gasteiger partial charge in [-0.15, -0.1) is 11.3 Å². The van der Waals surface area contributed by atoms with E-state index in [-0.39, 0.29) is 11.4 Å². The van der Waals surface area contributed by atoms with E-state index in [1.807, 2.05) is 29.8 Å². The van der Waals surface area contributed by atoms with Gasteiger partial charge in [0.2, 0.25) is 10.0 Å². The largest absolute Gasteiger partial charge is 0.271 e. The van der Waals surface area contributed by atoms with Crippen molar-refractivity contribution in [1.82, 2.24) is 14.5 Å². The minimum Gasteiger partial charge on any atom is -0.271 e. The number of thiophene rings is 1. The van der Waals surface area contributed by atoms with Crippen LogP contribution in [0.3, 0.4) is 0 Å². The van der Waals surface area contributed by atoms with E-state index in [0.29, 0.717) is 12.1 Å². The van der Waals surface area contributed by atoms with E-state index in [1.165, 1.54) is 12.1 Å². The van der Waals surface area contributed by atoms with E-state index in [9.17, 15) is 12.8 Å². The molecule has 0 saturated heterocycles. The lowest BCUT2D eigenvalue weighted by Crippen LogP contribution is -2.28. The molecule has 8 heteroatoms. The summed E-state index contributed by atoms with van der Waals surface area (Å²) in [7, 11) is -3.67. The van der Waals surface area contributed by atoms with Crippen LogP contribution in [0, 0.1) is 12.7 Å². The van der Waals surface area contributed by atoms with Crippen LogP contribution in [0.1, 0.15) is 5.56 Å². The van der Waals surface area contributed by atoms with Crippen molar-refractivity contribution in [3.05, 3.63) is 59.4 Å². The molecular formula is C16H16FN3O2S2. The first kappa shape index (κ1) is 16.8. The van der Waals surface area contributed by atoms with Crippen molar-refractivity contribution in [2.75, 3.05) is 6.54 Å². The Morgan fingerprint density at radius 2 is 2.12 bits per heavy atom. The van der Waals surface area contributed by atoms with Crippen LogP contribution in [0.5, 0.6) is 0 Å². The molecule has 0 fully saturated rings. The predicted molar refractivity (Wildman–Crippen MR) is 91.9 cm³/mol. The summed E-state index contributed by atoms with van der Waals surface area (Å²) in [6.07, 6.45) is 1.81. The molecule has 0 unspecified atom stereocenters. The highest BCUT2D eigenvalue weighted by molar-refractivity contribution is 7.89. The first-order valence-corrected chi connectivity index (χ1v) is 9.65. The monoisotopic (exact) mass is 365 g/mol. The van der Waals surface area contributed by atoms with Crippen molar-refractivity contribution in [2.45, 2.75) is 18.4 Å². The quantitative estimate of drug-likeness (QED) is 0.730. The van der Waals surface area contributed by atoms with Crippen LogP contribution in [0.2, 0.25) is 0 Å². The first-order valence-electron chi connectivity index (χ1n) is 7.29. The fourth-order valence-corrected chi connectivity index (χ4v) is 4.26. The minimum atomic E-state index is -3.67. The molecule has 3 rings (SSSR count). The number of hydrogen-bond donors (Lipinski definition) is 1. The fraction of sp³-hybridized carbons (Fsp3) is 0.188. The van der Waals surface area contributed by atoms with Gasteiger partial charge in [0, 0.05) is 12.7 Å².